The van der Waals surface area contributed by atoms with Gasteiger partial charge in [0.2, 0.25) is 5.91 Å². The molecule has 6 nitrogen and oxygen atoms in total. The molecule has 3 heterocycles. The first kappa shape index (κ1) is 22.3. The molecule has 0 radical (unpaired) electrons. The summed E-state index contributed by atoms with van der Waals surface area (Å²) >= 11 is 1.63. The largest absolute Gasteiger partial charge is 0.466 e. The van der Waals surface area contributed by atoms with E-state index in [0.29, 0.717) is 32.5 Å². The minimum atomic E-state index is -0.128. The highest BCUT2D eigenvalue weighted by molar-refractivity contribution is 7.14. The highest BCUT2D eigenvalue weighted by Crippen LogP contribution is 2.34. The third kappa shape index (κ3) is 5.13. The molecular weight excluding hydrogens is 412 g/mol. The van der Waals surface area contributed by atoms with E-state index in [0.717, 1.165) is 50.1 Å². The van der Waals surface area contributed by atoms with Crippen molar-refractivity contribution in [2.24, 2.45) is 11.8 Å². The average Bonchev–Trinajstić information content (AvgIpc) is 3.03. The van der Waals surface area contributed by atoms with Gasteiger partial charge >= 0.3 is 5.97 Å². The second-order valence-electron chi connectivity index (χ2n) is 9.06. The number of hydrogen-bond acceptors (Lipinski definition) is 5. The van der Waals surface area contributed by atoms with Crippen molar-refractivity contribution in [2.75, 3.05) is 32.8 Å². The molecule has 4 rings (SSSR count). The summed E-state index contributed by atoms with van der Waals surface area (Å²) in [5, 5.41) is 0. The predicted octanol–water partition coefficient (Wildman–Crippen LogP) is 3.67. The maximum absolute atomic E-state index is 13.1. The van der Waals surface area contributed by atoms with Gasteiger partial charge in [-0.2, -0.15) is 0 Å². The molecule has 0 spiro atoms. The first-order valence-electron chi connectivity index (χ1n) is 11.9. The lowest BCUT2D eigenvalue weighted by molar-refractivity contribution is -0.151. The summed E-state index contributed by atoms with van der Waals surface area (Å²) < 4.78 is 5.13. The minimum absolute atomic E-state index is 0.0117. The second-order valence-corrected chi connectivity index (χ2v) is 10.2. The van der Waals surface area contributed by atoms with Crippen molar-refractivity contribution in [2.45, 2.75) is 64.7 Å². The molecule has 2 saturated heterocycles. The zero-order valence-corrected chi connectivity index (χ0v) is 19.4. The van der Waals surface area contributed by atoms with E-state index in [1.165, 1.54) is 23.3 Å². The van der Waals surface area contributed by atoms with E-state index in [4.69, 9.17) is 4.74 Å². The standard InChI is InChI=1S/C24H34N2O4S/c1-2-30-24(29)17-9-13-26(14-10-17)22(27)18-7-8-20-19(15-18)16-21(31-20)23(28)25-11-5-3-4-6-12-25/h16-18H,2-15H2,1H3. The van der Waals surface area contributed by atoms with Gasteiger partial charge in [-0.05, 0) is 63.5 Å². The van der Waals surface area contributed by atoms with Crippen LogP contribution in [0.1, 0.15) is 72.0 Å². The number of piperidine rings is 1. The highest BCUT2D eigenvalue weighted by atomic mass is 32.1. The summed E-state index contributed by atoms with van der Waals surface area (Å²) in [5.74, 6) is 0.162. The number of fused-ring (bicyclic) bond motifs is 1. The van der Waals surface area contributed by atoms with E-state index >= 15 is 0 Å². The van der Waals surface area contributed by atoms with Crippen LogP contribution in [0.15, 0.2) is 6.07 Å². The molecule has 31 heavy (non-hydrogen) atoms. The SMILES string of the molecule is CCOC(=O)C1CCN(C(=O)C2CCc3sc(C(=O)N4CCCCCC4)cc3C2)CC1. The molecule has 1 aliphatic carbocycles. The van der Waals surface area contributed by atoms with E-state index in [1.807, 2.05) is 16.7 Å². The van der Waals surface area contributed by atoms with Crippen LogP contribution in [0.5, 0.6) is 0 Å². The molecule has 3 aliphatic rings. The summed E-state index contributed by atoms with van der Waals surface area (Å²) in [6, 6.07) is 2.06. The summed E-state index contributed by atoms with van der Waals surface area (Å²) in [7, 11) is 0. The first-order chi connectivity index (χ1) is 15.1. The van der Waals surface area contributed by atoms with Gasteiger partial charge < -0.3 is 14.5 Å². The summed E-state index contributed by atoms with van der Waals surface area (Å²) in [5.41, 5.74) is 1.19. The normalized spacial score (nSPS) is 22.5. The fourth-order valence-electron chi connectivity index (χ4n) is 5.12. The molecule has 0 aromatic carbocycles. The molecule has 170 valence electrons. The van der Waals surface area contributed by atoms with Crippen LogP contribution in [0.4, 0.5) is 0 Å². The van der Waals surface area contributed by atoms with Gasteiger partial charge in [-0.15, -0.1) is 11.3 Å². The lowest BCUT2D eigenvalue weighted by Crippen LogP contribution is -2.44. The van der Waals surface area contributed by atoms with Gasteiger partial charge in [-0.1, -0.05) is 12.8 Å². The lowest BCUT2D eigenvalue weighted by Gasteiger charge is -2.34. The second kappa shape index (κ2) is 10.2. The zero-order valence-electron chi connectivity index (χ0n) is 18.6. The lowest BCUT2D eigenvalue weighted by atomic mass is 9.86. The van der Waals surface area contributed by atoms with Gasteiger partial charge in [0.05, 0.1) is 17.4 Å². The average molecular weight is 447 g/mol. The summed E-state index contributed by atoms with van der Waals surface area (Å²) in [6.45, 7) is 5.23. The third-order valence-electron chi connectivity index (χ3n) is 6.96. The van der Waals surface area contributed by atoms with E-state index in [2.05, 4.69) is 6.07 Å². The Hall–Kier alpha value is -1.89. The molecule has 1 aromatic heterocycles. The summed E-state index contributed by atoms with van der Waals surface area (Å²) in [4.78, 5) is 44.1. The topological polar surface area (TPSA) is 66.9 Å². The number of ether oxygens (including phenoxy) is 1. The van der Waals surface area contributed by atoms with Gasteiger partial charge in [0.1, 0.15) is 0 Å². The first-order valence-corrected chi connectivity index (χ1v) is 12.7. The highest BCUT2D eigenvalue weighted by Gasteiger charge is 2.34. The van der Waals surface area contributed by atoms with E-state index in [9.17, 15) is 14.4 Å². The number of amides is 2. The molecule has 0 saturated carbocycles. The van der Waals surface area contributed by atoms with Crippen LogP contribution in [-0.4, -0.2) is 60.4 Å². The van der Waals surface area contributed by atoms with Crippen LogP contribution in [-0.2, 0) is 27.2 Å². The van der Waals surface area contributed by atoms with Gasteiger partial charge in [0.25, 0.3) is 5.91 Å². The third-order valence-corrected chi connectivity index (χ3v) is 8.19. The van der Waals surface area contributed by atoms with E-state index in [-0.39, 0.29) is 29.6 Å². The predicted molar refractivity (Wildman–Crippen MR) is 120 cm³/mol. The summed E-state index contributed by atoms with van der Waals surface area (Å²) in [6.07, 6.45) is 8.46. The van der Waals surface area contributed by atoms with Crippen LogP contribution in [0, 0.1) is 11.8 Å². The molecular formula is C24H34N2O4S. The molecule has 0 bridgehead atoms. The fraction of sp³-hybridized carbons (Fsp3) is 0.708. The number of thiophene rings is 1. The number of likely N-dealkylation sites (tertiary alicyclic amines) is 2. The molecule has 2 aliphatic heterocycles. The zero-order chi connectivity index (χ0) is 21.8. The number of carbonyl (C=O) groups is 3. The van der Waals surface area contributed by atoms with Crippen molar-refractivity contribution in [3.63, 3.8) is 0 Å². The Morgan fingerprint density at radius 3 is 2.35 bits per heavy atom. The number of rotatable bonds is 4. The van der Waals surface area contributed by atoms with Crippen LogP contribution in [0.3, 0.4) is 0 Å². The number of esters is 1. The van der Waals surface area contributed by atoms with Crippen molar-refractivity contribution in [3.05, 3.63) is 21.4 Å². The molecule has 1 atom stereocenters. The Balaban J connectivity index is 1.34. The molecule has 2 fully saturated rings. The van der Waals surface area contributed by atoms with Crippen LogP contribution >= 0.6 is 11.3 Å². The Morgan fingerprint density at radius 2 is 1.68 bits per heavy atom. The van der Waals surface area contributed by atoms with Gasteiger partial charge in [-0.25, -0.2) is 0 Å². The van der Waals surface area contributed by atoms with Crippen LogP contribution < -0.4 is 0 Å². The van der Waals surface area contributed by atoms with Gasteiger partial charge in [0, 0.05) is 37.0 Å². The van der Waals surface area contributed by atoms with Crippen molar-refractivity contribution in [3.8, 4) is 0 Å². The van der Waals surface area contributed by atoms with Gasteiger partial charge in [0.15, 0.2) is 0 Å². The minimum Gasteiger partial charge on any atom is -0.466 e. The van der Waals surface area contributed by atoms with E-state index in [1.54, 1.807) is 11.3 Å². The molecule has 0 N–H and O–H groups in total. The van der Waals surface area contributed by atoms with Crippen LogP contribution in [0.25, 0.3) is 0 Å². The Labute approximate surface area is 188 Å². The number of carbonyl (C=O) groups excluding carboxylic acids is 3. The van der Waals surface area contributed by atoms with Crippen LogP contribution in [0.2, 0.25) is 0 Å². The monoisotopic (exact) mass is 446 g/mol. The van der Waals surface area contributed by atoms with Crippen molar-refractivity contribution in [1.29, 1.82) is 0 Å². The maximum Gasteiger partial charge on any atom is 0.309 e. The number of aryl methyl sites for hydroxylation is 1. The van der Waals surface area contributed by atoms with Crippen molar-refractivity contribution < 1.29 is 19.1 Å². The molecule has 1 unspecified atom stereocenters. The molecule has 2 amide bonds. The smallest absolute Gasteiger partial charge is 0.309 e. The van der Waals surface area contributed by atoms with E-state index < -0.39 is 0 Å². The molecule has 1 aromatic rings. The van der Waals surface area contributed by atoms with Crippen molar-refractivity contribution >= 4 is 29.1 Å². The fourth-order valence-corrected chi connectivity index (χ4v) is 6.30. The Morgan fingerprint density at radius 1 is 0.968 bits per heavy atom. The number of hydrogen-bond donors (Lipinski definition) is 0. The number of nitrogens with zero attached hydrogens (tertiary/aromatic N) is 2. The van der Waals surface area contributed by atoms with Crippen molar-refractivity contribution in [1.82, 2.24) is 9.80 Å². The van der Waals surface area contributed by atoms with Gasteiger partial charge in [-0.3, -0.25) is 14.4 Å². The maximum atomic E-state index is 13.1. The Bertz CT molecular complexity index is 805. The quantitative estimate of drug-likeness (QED) is 0.662. The Kier molecular flexibility index (Phi) is 7.31. The molecule has 7 heteroatoms.